The molecular formula is C32H54ClN6O10P2Pb. The molecule has 0 amide bonds. The van der Waals surface area contributed by atoms with Crippen LogP contribution in [0.25, 0.3) is 11.0 Å². The van der Waals surface area contributed by atoms with Gasteiger partial charge >= 0.3 is 161 Å². The number of anilines is 1. The van der Waals surface area contributed by atoms with Gasteiger partial charge in [0.05, 0.1) is 52.2 Å². The zero-order valence-corrected chi connectivity index (χ0v) is 36.9. The molecule has 0 aromatic carbocycles. The van der Waals surface area contributed by atoms with Crippen molar-refractivity contribution >= 4 is 77.3 Å². The molecule has 1 aliphatic rings. The third kappa shape index (κ3) is 22.9. The molecule has 20 heteroatoms. The quantitative estimate of drug-likeness (QED) is 0.0317. The third-order valence-corrected chi connectivity index (χ3v) is 10.3. The van der Waals surface area contributed by atoms with Gasteiger partial charge in [0.1, 0.15) is 6.61 Å². The van der Waals surface area contributed by atoms with Gasteiger partial charge in [0.25, 0.3) is 0 Å². The van der Waals surface area contributed by atoms with Crippen LogP contribution < -0.4 is 10.2 Å². The van der Waals surface area contributed by atoms with Gasteiger partial charge < -0.3 is 38.9 Å². The average molecular weight is 987 g/mol. The summed E-state index contributed by atoms with van der Waals surface area (Å²) in [5, 5.41) is 8.15. The average Bonchev–Trinajstić information content (AvgIpc) is 3.79. The van der Waals surface area contributed by atoms with Crippen molar-refractivity contribution in [2.45, 2.75) is 52.4 Å². The number of nitrogens with zero attached hydrogens (tertiary/aromatic N) is 5. The third-order valence-electron chi connectivity index (χ3n) is 6.21. The molecule has 3 heterocycles. The first-order valence-corrected chi connectivity index (χ1v) is 22.7. The molecule has 2 aromatic heterocycles. The van der Waals surface area contributed by atoms with E-state index in [4.69, 9.17) is 62.4 Å². The fraction of sp³-hybridized carbons (Fsp3) is 0.688. The minimum atomic E-state index is -2.19. The Hall–Kier alpha value is -1.19. The van der Waals surface area contributed by atoms with Crippen molar-refractivity contribution in [3.05, 3.63) is 11.5 Å². The van der Waals surface area contributed by atoms with E-state index in [1.54, 1.807) is 10.9 Å². The molecule has 16 nitrogen and oxygen atoms in total. The Bertz CT molecular complexity index is 1280. The first kappa shape index (κ1) is 50.8. The second-order valence-corrected chi connectivity index (χ2v) is 14.3. The van der Waals surface area contributed by atoms with Crippen molar-refractivity contribution in [3.63, 3.8) is 0 Å². The van der Waals surface area contributed by atoms with Crippen LogP contribution in [0.5, 0.6) is 0 Å². The van der Waals surface area contributed by atoms with Crippen LogP contribution >= 0.6 is 28.4 Å². The molecule has 3 radical (unpaired) electrons. The molecule has 0 saturated carbocycles. The molecule has 4 N–H and O–H groups in total. The van der Waals surface area contributed by atoms with E-state index in [2.05, 4.69) is 32.2 Å². The number of aromatic nitrogens is 4. The Morgan fingerprint density at radius 1 is 1.08 bits per heavy atom. The maximum atomic E-state index is 11.0. The SMILES string of the molecule is C#CCC.C#CCOCCOCCOCCOCCNC.CC.O=CCN([CH2][Pb])c1nc(Cl)nc2c1cnn2C1CCC(COP(O)CP(O)O)O1. The molecule has 293 valence electrons. The molecule has 1 saturated heterocycles. The van der Waals surface area contributed by atoms with Crippen molar-refractivity contribution in [2.24, 2.45) is 0 Å². The van der Waals surface area contributed by atoms with E-state index in [9.17, 15) is 9.69 Å². The zero-order valence-electron chi connectivity index (χ0n) is 30.5. The zero-order chi connectivity index (χ0) is 39.0. The van der Waals surface area contributed by atoms with Crippen LogP contribution in [-0.4, -0.2) is 162 Å². The standard InChI is InChI=1S/C14H19ClN5O6P2.C12H23NO4.C4H6.C2H6.Pb/c1-19(4-5-21)12-10-6-16-20(13(10)18-14(15)17-12)11-3-2-9(26-11)7-25-28(24)8-27(22)23;1-3-5-14-7-9-16-11-12-17-10-8-15-6-4-13-2;1-3-4-2;1-2;/h5-6,9,11,22-24H,1-4,7-8H2;1,13H,4-12H2,2H3;1H,4H2,2H3;1-2H3;. The normalized spacial score (nSPS) is 15.3. The van der Waals surface area contributed by atoms with Crippen LogP contribution in [-0.2, 0) is 33.0 Å². The molecule has 1 aliphatic heterocycles. The van der Waals surface area contributed by atoms with Crippen molar-refractivity contribution in [1.82, 2.24) is 25.1 Å². The van der Waals surface area contributed by atoms with Gasteiger partial charge in [-0.1, -0.05) is 26.7 Å². The first-order chi connectivity index (χ1) is 25.3. The number of fused-ring (bicyclic) bond motifs is 1. The number of carbonyl (C=O) groups excluding carboxylic acids is 1. The number of halogens is 1. The van der Waals surface area contributed by atoms with Crippen LogP contribution in [0.3, 0.4) is 0 Å². The molecule has 0 spiro atoms. The number of aldehydes is 1. The second kappa shape index (κ2) is 34.3. The summed E-state index contributed by atoms with van der Waals surface area (Å²) in [6.45, 7) is 11.6. The Balaban J connectivity index is 0.000000963. The molecule has 0 bridgehead atoms. The minimum absolute atomic E-state index is 0.0635. The number of hydrogen-bond donors (Lipinski definition) is 4. The number of ether oxygens (including phenoxy) is 5. The number of hydrogen-bond acceptors (Lipinski definition) is 15. The summed E-state index contributed by atoms with van der Waals surface area (Å²) >= 11 is 6.98. The predicted molar refractivity (Wildman–Crippen MR) is 205 cm³/mol. The number of likely N-dealkylation sites (N-methyl/N-ethyl adjacent to an activating group) is 1. The van der Waals surface area contributed by atoms with E-state index in [0.29, 0.717) is 86.7 Å². The van der Waals surface area contributed by atoms with E-state index >= 15 is 0 Å². The van der Waals surface area contributed by atoms with Gasteiger partial charge in [0.2, 0.25) is 0 Å². The van der Waals surface area contributed by atoms with Crippen LogP contribution in [0.4, 0.5) is 5.82 Å². The summed E-state index contributed by atoms with van der Waals surface area (Å²) in [4.78, 5) is 48.9. The fourth-order valence-corrected chi connectivity index (χ4v) is 6.70. The monoisotopic (exact) mass is 987 g/mol. The van der Waals surface area contributed by atoms with Crippen molar-refractivity contribution in [1.29, 1.82) is 0 Å². The van der Waals surface area contributed by atoms with E-state index in [-0.39, 0.29) is 36.7 Å². The number of rotatable bonds is 23. The number of carbonyl (C=O) groups is 1. The summed E-state index contributed by atoms with van der Waals surface area (Å²) in [5.74, 6) is 5.22. The summed E-state index contributed by atoms with van der Waals surface area (Å²) in [6.07, 6.45) is 13.8. The van der Waals surface area contributed by atoms with Gasteiger partial charge in [0.15, 0.2) is 8.38 Å². The number of terminal acetylenes is 2. The van der Waals surface area contributed by atoms with E-state index in [1.165, 1.54) is 0 Å². The van der Waals surface area contributed by atoms with Gasteiger partial charge in [-0.05, 0) is 7.05 Å². The molecule has 3 rings (SSSR count). The first-order valence-electron chi connectivity index (χ1n) is 16.7. The molecule has 3 unspecified atom stereocenters. The topological polar surface area (TPSA) is 192 Å². The van der Waals surface area contributed by atoms with Crippen LogP contribution in [0.1, 0.15) is 46.3 Å². The van der Waals surface area contributed by atoms with E-state index < -0.39 is 16.8 Å². The summed E-state index contributed by atoms with van der Waals surface area (Å²) in [5.41, 5.74) is 0.521. The van der Waals surface area contributed by atoms with Gasteiger partial charge in [0, 0.05) is 13.0 Å². The molecule has 3 atom stereocenters. The van der Waals surface area contributed by atoms with Gasteiger partial charge in [-0.2, -0.15) is 0 Å². The Morgan fingerprint density at radius 2 is 1.69 bits per heavy atom. The molecule has 1 fully saturated rings. The van der Waals surface area contributed by atoms with Gasteiger partial charge in [-0.25, -0.2) is 0 Å². The van der Waals surface area contributed by atoms with Crippen LogP contribution in [0, 0.1) is 24.7 Å². The fourth-order valence-electron chi connectivity index (χ4n) is 3.93. The van der Waals surface area contributed by atoms with E-state index in [1.807, 2.05) is 32.7 Å². The van der Waals surface area contributed by atoms with Gasteiger partial charge in [-0.15, -0.1) is 18.8 Å². The van der Waals surface area contributed by atoms with Gasteiger partial charge in [-0.3, -0.25) is 0 Å². The summed E-state index contributed by atoms with van der Waals surface area (Å²) in [7, 11) is -2.18. The Morgan fingerprint density at radius 3 is 2.23 bits per heavy atom. The summed E-state index contributed by atoms with van der Waals surface area (Å²) < 4.78 is 34.5. The second-order valence-electron chi connectivity index (χ2n) is 9.90. The van der Waals surface area contributed by atoms with Crippen molar-refractivity contribution in [2.75, 3.05) is 94.5 Å². The Labute approximate surface area is 331 Å². The van der Waals surface area contributed by atoms with Crippen LogP contribution in [0.2, 0.25) is 5.28 Å². The van der Waals surface area contributed by atoms with Crippen molar-refractivity contribution < 1.29 is 47.7 Å². The Kier molecular flexibility index (Phi) is 33.5. The molecule has 2 aromatic rings. The summed E-state index contributed by atoms with van der Waals surface area (Å²) in [6, 6.07) is 0. The van der Waals surface area contributed by atoms with Crippen LogP contribution in [0.15, 0.2) is 6.20 Å². The maximum absolute atomic E-state index is 11.0. The van der Waals surface area contributed by atoms with Crippen molar-refractivity contribution in [3.8, 4) is 24.7 Å². The predicted octanol–water partition coefficient (Wildman–Crippen LogP) is 2.82. The molecule has 0 aliphatic carbocycles. The van der Waals surface area contributed by atoms with E-state index in [0.717, 1.165) is 45.0 Å². The molecular weight excluding hydrogens is 933 g/mol. The number of nitrogens with one attached hydrogen (secondary N) is 1. The molecule has 52 heavy (non-hydrogen) atoms.